The zero-order valence-corrected chi connectivity index (χ0v) is 16.7. The van der Waals surface area contributed by atoms with Gasteiger partial charge in [0.15, 0.2) is 0 Å². The second kappa shape index (κ2) is 10.2. The first kappa shape index (κ1) is 22.5. The van der Waals surface area contributed by atoms with E-state index in [0.717, 1.165) is 25.3 Å². The van der Waals surface area contributed by atoms with Crippen LogP contribution in [0.1, 0.15) is 19.3 Å². The minimum absolute atomic E-state index is 0.0702. The SMILES string of the molecule is NC[C@@H](C(=O)Nc1ccc(N2CCOCC2=O)cc1F)N(CC(F)F)CC1CCC1. The predicted molar refractivity (Wildman–Crippen MR) is 106 cm³/mol. The van der Waals surface area contributed by atoms with Crippen LogP contribution in [0.5, 0.6) is 0 Å². The maximum absolute atomic E-state index is 14.6. The number of anilines is 2. The molecular formula is C20H27F3N4O3. The lowest BCUT2D eigenvalue weighted by molar-refractivity contribution is -0.125. The molecule has 1 saturated carbocycles. The third kappa shape index (κ3) is 5.50. The number of ether oxygens (including phenoxy) is 1. The molecule has 1 aliphatic heterocycles. The van der Waals surface area contributed by atoms with E-state index in [1.54, 1.807) is 0 Å². The first-order valence-corrected chi connectivity index (χ1v) is 10.1. The van der Waals surface area contributed by atoms with Crippen molar-refractivity contribution >= 4 is 23.2 Å². The van der Waals surface area contributed by atoms with E-state index in [0.29, 0.717) is 25.4 Å². The van der Waals surface area contributed by atoms with Gasteiger partial charge >= 0.3 is 0 Å². The Bertz CT molecular complexity index is 761. The molecule has 0 aromatic heterocycles. The van der Waals surface area contributed by atoms with Gasteiger partial charge in [0.2, 0.25) is 5.91 Å². The van der Waals surface area contributed by atoms with Gasteiger partial charge in [-0.15, -0.1) is 0 Å². The Balaban J connectivity index is 1.69. The highest BCUT2D eigenvalue weighted by atomic mass is 19.3. The summed E-state index contributed by atoms with van der Waals surface area (Å²) in [6.07, 6.45) is 0.328. The van der Waals surface area contributed by atoms with Crippen molar-refractivity contribution in [3.63, 3.8) is 0 Å². The lowest BCUT2D eigenvalue weighted by Crippen LogP contribution is -2.52. The zero-order valence-electron chi connectivity index (χ0n) is 16.7. The maximum atomic E-state index is 14.6. The van der Waals surface area contributed by atoms with Crippen LogP contribution in [0, 0.1) is 11.7 Å². The molecule has 1 aliphatic carbocycles. The largest absolute Gasteiger partial charge is 0.370 e. The van der Waals surface area contributed by atoms with Crippen LogP contribution >= 0.6 is 0 Å². The number of alkyl halides is 2. The number of nitrogens with two attached hydrogens (primary N) is 1. The van der Waals surface area contributed by atoms with Crippen LogP contribution in [0.25, 0.3) is 0 Å². The number of rotatable bonds is 9. The number of benzene rings is 1. The van der Waals surface area contributed by atoms with Crippen molar-refractivity contribution in [2.24, 2.45) is 11.7 Å². The summed E-state index contributed by atoms with van der Waals surface area (Å²) in [5, 5.41) is 2.46. The van der Waals surface area contributed by atoms with Crippen molar-refractivity contribution in [2.75, 3.05) is 49.6 Å². The van der Waals surface area contributed by atoms with Crippen molar-refractivity contribution in [3.8, 4) is 0 Å². The second-order valence-electron chi connectivity index (χ2n) is 7.64. The van der Waals surface area contributed by atoms with E-state index in [1.807, 2.05) is 0 Å². The van der Waals surface area contributed by atoms with E-state index in [1.165, 1.54) is 21.9 Å². The molecular weight excluding hydrogens is 401 g/mol. The van der Waals surface area contributed by atoms with E-state index >= 15 is 0 Å². The average molecular weight is 428 g/mol. The number of nitrogens with one attached hydrogen (secondary N) is 1. The first-order valence-electron chi connectivity index (χ1n) is 10.1. The normalized spacial score (nSPS) is 18.6. The fourth-order valence-electron chi connectivity index (χ4n) is 3.72. The number of carbonyl (C=O) groups excluding carboxylic acids is 2. The molecule has 166 valence electrons. The van der Waals surface area contributed by atoms with Crippen LogP contribution in [0.4, 0.5) is 24.5 Å². The van der Waals surface area contributed by atoms with Crippen LogP contribution in [0.2, 0.25) is 0 Å². The van der Waals surface area contributed by atoms with Gasteiger partial charge in [0.25, 0.3) is 12.3 Å². The summed E-state index contributed by atoms with van der Waals surface area (Å²) in [4.78, 5) is 27.4. The third-order valence-corrected chi connectivity index (χ3v) is 5.56. The summed E-state index contributed by atoms with van der Waals surface area (Å²) in [5.74, 6) is -1.37. The molecule has 7 nitrogen and oxygen atoms in total. The molecule has 3 N–H and O–H groups in total. The molecule has 10 heteroatoms. The highest BCUT2D eigenvalue weighted by Gasteiger charge is 2.31. The van der Waals surface area contributed by atoms with Gasteiger partial charge in [-0.1, -0.05) is 6.42 Å². The lowest BCUT2D eigenvalue weighted by atomic mass is 9.85. The third-order valence-electron chi connectivity index (χ3n) is 5.56. The highest BCUT2D eigenvalue weighted by Crippen LogP contribution is 2.28. The van der Waals surface area contributed by atoms with Crippen molar-refractivity contribution in [2.45, 2.75) is 31.7 Å². The zero-order chi connectivity index (χ0) is 21.7. The molecule has 2 aliphatic rings. The molecule has 2 fully saturated rings. The minimum Gasteiger partial charge on any atom is -0.370 e. The van der Waals surface area contributed by atoms with E-state index in [4.69, 9.17) is 10.5 Å². The number of morpholine rings is 1. The van der Waals surface area contributed by atoms with E-state index in [2.05, 4.69) is 5.32 Å². The highest BCUT2D eigenvalue weighted by molar-refractivity contribution is 5.97. The molecule has 0 spiro atoms. The van der Waals surface area contributed by atoms with E-state index in [9.17, 15) is 22.8 Å². The van der Waals surface area contributed by atoms with E-state index in [-0.39, 0.29) is 30.7 Å². The monoisotopic (exact) mass is 428 g/mol. The predicted octanol–water partition coefficient (Wildman–Crippen LogP) is 1.82. The van der Waals surface area contributed by atoms with Crippen molar-refractivity contribution in [1.82, 2.24) is 4.90 Å². The number of hydrogen-bond donors (Lipinski definition) is 2. The molecule has 1 atom stereocenters. The Morgan fingerprint density at radius 3 is 2.70 bits per heavy atom. The lowest BCUT2D eigenvalue weighted by Gasteiger charge is -2.36. The summed E-state index contributed by atoms with van der Waals surface area (Å²) >= 11 is 0. The topological polar surface area (TPSA) is 87.9 Å². The fraction of sp³-hybridized carbons (Fsp3) is 0.600. The van der Waals surface area contributed by atoms with Gasteiger partial charge in [0.1, 0.15) is 18.5 Å². The average Bonchev–Trinajstić information content (AvgIpc) is 2.66. The molecule has 1 aromatic carbocycles. The summed E-state index contributed by atoms with van der Waals surface area (Å²) in [7, 11) is 0. The van der Waals surface area contributed by atoms with Crippen LogP contribution in [0.15, 0.2) is 18.2 Å². The second-order valence-corrected chi connectivity index (χ2v) is 7.64. The van der Waals surface area contributed by atoms with Crippen LogP contribution in [-0.4, -0.2) is 68.6 Å². The minimum atomic E-state index is -2.60. The Kier molecular flexibility index (Phi) is 7.68. The smallest absolute Gasteiger partial charge is 0.253 e. The van der Waals surface area contributed by atoms with Crippen molar-refractivity contribution < 1.29 is 27.5 Å². The summed E-state index contributed by atoms with van der Waals surface area (Å²) in [5.41, 5.74) is 5.98. The molecule has 0 unspecified atom stereocenters. The van der Waals surface area contributed by atoms with Crippen LogP contribution in [-0.2, 0) is 14.3 Å². The summed E-state index contributed by atoms with van der Waals surface area (Å²) in [6, 6.07) is 3.04. The summed E-state index contributed by atoms with van der Waals surface area (Å²) < 4.78 is 45.7. The maximum Gasteiger partial charge on any atom is 0.253 e. The Hall–Kier alpha value is -2.17. The molecule has 1 aromatic rings. The molecule has 30 heavy (non-hydrogen) atoms. The number of hydrogen-bond acceptors (Lipinski definition) is 5. The van der Waals surface area contributed by atoms with Crippen LogP contribution in [0.3, 0.4) is 0 Å². The van der Waals surface area contributed by atoms with Crippen molar-refractivity contribution in [1.29, 1.82) is 0 Å². The molecule has 1 heterocycles. The van der Waals surface area contributed by atoms with E-state index < -0.39 is 30.7 Å². The van der Waals surface area contributed by atoms with Crippen molar-refractivity contribution in [3.05, 3.63) is 24.0 Å². The standard InChI is InChI=1S/C20H27F3N4O3/c21-15-8-14(27-6-7-30-12-19(27)28)4-5-16(15)25-20(29)17(9-24)26(11-18(22)23)10-13-2-1-3-13/h4-5,8,13,17-18H,1-3,6-7,9-12,24H2,(H,25,29)/t17-/m0/s1. The molecule has 2 amide bonds. The van der Waals surface area contributed by atoms with Gasteiger partial charge in [-0.2, -0.15) is 0 Å². The van der Waals surface area contributed by atoms with Gasteiger partial charge in [-0.3, -0.25) is 14.5 Å². The molecule has 1 saturated heterocycles. The molecule has 3 rings (SSSR count). The number of amides is 2. The van der Waals surface area contributed by atoms with Gasteiger partial charge < -0.3 is 20.7 Å². The first-order chi connectivity index (χ1) is 14.4. The Morgan fingerprint density at radius 2 is 2.13 bits per heavy atom. The summed E-state index contributed by atoms with van der Waals surface area (Å²) in [6.45, 7) is 0.229. The molecule has 0 bridgehead atoms. The molecule has 0 radical (unpaired) electrons. The quantitative estimate of drug-likeness (QED) is 0.627. The van der Waals surface area contributed by atoms with Crippen LogP contribution < -0.4 is 16.0 Å². The Labute approximate surface area is 173 Å². The van der Waals surface area contributed by atoms with Gasteiger partial charge in [0, 0.05) is 25.3 Å². The van der Waals surface area contributed by atoms with Gasteiger partial charge in [0.05, 0.1) is 18.8 Å². The van der Waals surface area contributed by atoms with Gasteiger partial charge in [-0.25, -0.2) is 13.2 Å². The number of nitrogens with zero attached hydrogens (tertiary/aromatic N) is 2. The number of carbonyl (C=O) groups is 2. The Morgan fingerprint density at radius 1 is 1.37 bits per heavy atom. The number of halogens is 3. The fourth-order valence-corrected chi connectivity index (χ4v) is 3.72. The van der Waals surface area contributed by atoms with Gasteiger partial charge in [-0.05, 0) is 37.0 Å².